The van der Waals surface area contributed by atoms with Gasteiger partial charge in [-0.3, -0.25) is 9.78 Å². The summed E-state index contributed by atoms with van der Waals surface area (Å²) in [5.74, 6) is 0.686. The van der Waals surface area contributed by atoms with Crippen LogP contribution in [0.15, 0.2) is 38.4 Å². The number of benzene rings is 1. The van der Waals surface area contributed by atoms with E-state index in [9.17, 15) is 4.79 Å². The van der Waals surface area contributed by atoms with E-state index in [1.165, 1.54) is 29.2 Å². The summed E-state index contributed by atoms with van der Waals surface area (Å²) >= 11 is 9.04. The molecule has 27 heavy (non-hydrogen) atoms. The Morgan fingerprint density at radius 2 is 2.22 bits per heavy atom. The van der Waals surface area contributed by atoms with Gasteiger partial charge < -0.3 is 11.1 Å². The predicted octanol–water partition coefficient (Wildman–Crippen LogP) is 3.24. The van der Waals surface area contributed by atoms with Crippen LogP contribution in [0.1, 0.15) is 16.3 Å². The molecule has 0 saturated heterocycles. The van der Waals surface area contributed by atoms with Crippen LogP contribution < -0.4 is 16.6 Å². The Labute approximate surface area is 168 Å². The molecule has 4 N–H and O–H groups in total. The molecular formula is C16H16ClN7OS2. The minimum absolute atomic E-state index is 0.0908. The number of hydrogen-bond donors (Lipinski definition) is 3. The third-order valence-electron chi connectivity index (χ3n) is 3.39. The summed E-state index contributed by atoms with van der Waals surface area (Å²) in [4.78, 5) is 22.9. The number of rotatable bonds is 5. The number of nitrogens with zero attached hydrogens (tertiary/aromatic N) is 4. The number of hydrogen-bond acceptors (Lipinski definition) is 7. The van der Waals surface area contributed by atoms with Crippen molar-refractivity contribution in [3.63, 3.8) is 0 Å². The number of halogens is 1. The molecule has 3 aromatic rings. The molecule has 11 heteroatoms. The quantitative estimate of drug-likeness (QED) is 0.328. The average molecular weight is 422 g/mol. The molecule has 2 heterocycles. The molecule has 0 fully saturated rings. The summed E-state index contributed by atoms with van der Waals surface area (Å²) in [6, 6.07) is 6.84. The van der Waals surface area contributed by atoms with Crippen molar-refractivity contribution in [3.05, 3.63) is 55.9 Å². The summed E-state index contributed by atoms with van der Waals surface area (Å²) in [6.07, 6.45) is 0. The van der Waals surface area contributed by atoms with E-state index in [0.29, 0.717) is 16.5 Å². The third kappa shape index (κ3) is 5.28. The summed E-state index contributed by atoms with van der Waals surface area (Å²) < 4.78 is 0.817. The lowest BCUT2D eigenvalue weighted by molar-refractivity contribution is 0.981. The highest BCUT2D eigenvalue weighted by molar-refractivity contribution is 8.00. The molecule has 0 unspecified atom stereocenters. The van der Waals surface area contributed by atoms with Crippen molar-refractivity contribution < 1.29 is 0 Å². The van der Waals surface area contributed by atoms with Crippen LogP contribution in [0.3, 0.4) is 0 Å². The standard InChI is InChI=1S/C16H16ClN7OS2/c1-8-11(17)4-3-5-12(8)20-14(18)22-15-19-10(6-13(25)21-15)7-26-16-24-23-9(2)27-16/h3-6H,7H2,1-2H3,(H4,18,19,20,21,22,25). The zero-order chi connectivity index (χ0) is 19.4. The van der Waals surface area contributed by atoms with E-state index in [0.717, 1.165) is 20.6 Å². The van der Waals surface area contributed by atoms with E-state index in [4.69, 9.17) is 17.3 Å². The second-order valence-corrected chi connectivity index (χ2v) is 8.28. The van der Waals surface area contributed by atoms with Crippen LogP contribution in [0.4, 0.5) is 11.6 Å². The highest BCUT2D eigenvalue weighted by Gasteiger charge is 2.07. The second kappa shape index (κ2) is 8.51. The molecule has 0 saturated carbocycles. The summed E-state index contributed by atoms with van der Waals surface area (Å²) in [5.41, 5.74) is 7.77. The molecule has 0 bridgehead atoms. The Balaban J connectivity index is 1.75. The fourth-order valence-electron chi connectivity index (χ4n) is 2.12. The molecule has 0 atom stereocenters. The highest BCUT2D eigenvalue weighted by Crippen LogP contribution is 2.25. The fraction of sp³-hybridized carbons (Fsp3) is 0.188. The number of nitrogens with one attached hydrogen (secondary N) is 2. The van der Waals surface area contributed by atoms with Gasteiger partial charge in [0.05, 0.1) is 5.69 Å². The lowest BCUT2D eigenvalue weighted by atomic mass is 10.2. The molecule has 0 aliphatic carbocycles. The van der Waals surface area contributed by atoms with Gasteiger partial charge in [-0.2, -0.15) is 4.99 Å². The Morgan fingerprint density at radius 1 is 1.41 bits per heavy atom. The minimum Gasteiger partial charge on any atom is -0.369 e. The molecule has 0 radical (unpaired) electrons. The van der Waals surface area contributed by atoms with Crippen LogP contribution >= 0.6 is 34.7 Å². The Kier molecular flexibility index (Phi) is 6.09. The topological polar surface area (TPSA) is 122 Å². The van der Waals surface area contributed by atoms with Crippen LogP contribution in [0.25, 0.3) is 0 Å². The summed E-state index contributed by atoms with van der Waals surface area (Å²) in [7, 11) is 0. The van der Waals surface area contributed by atoms with Crippen LogP contribution in [0.2, 0.25) is 5.02 Å². The number of anilines is 1. The first-order valence-electron chi connectivity index (χ1n) is 7.80. The molecule has 140 valence electrons. The van der Waals surface area contributed by atoms with Gasteiger partial charge in [-0.15, -0.1) is 10.2 Å². The first kappa shape index (κ1) is 19.3. The van der Waals surface area contributed by atoms with Gasteiger partial charge >= 0.3 is 0 Å². The maximum atomic E-state index is 11.9. The molecular weight excluding hydrogens is 406 g/mol. The van der Waals surface area contributed by atoms with Crippen molar-refractivity contribution in [1.29, 1.82) is 0 Å². The summed E-state index contributed by atoms with van der Waals surface area (Å²) in [5, 5.41) is 12.5. The maximum Gasteiger partial charge on any atom is 0.252 e. The van der Waals surface area contributed by atoms with Crippen molar-refractivity contribution in [3.8, 4) is 0 Å². The van der Waals surface area contributed by atoms with Gasteiger partial charge in [0, 0.05) is 22.5 Å². The Hall–Kier alpha value is -2.43. The number of thioether (sulfide) groups is 1. The third-order valence-corrected chi connectivity index (χ3v) is 5.81. The van der Waals surface area contributed by atoms with Crippen molar-refractivity contribution in [2.45, 2.75) is 23.9 Å². The largest absolute Gasteiger partial charge is 0.369 e. The number of aryl methyl sites for hydroxylation is 1. The van der Waals surface area contributed by atoms with Gasteiger partial charge in [-0.05, 0) is 31.5 Å². The predicted molar refractivity (Wildman–Crippen MR) is 110 cm³/mol. The number of aromatic amines is 1. The number of aromatic nitrogens is 4. The van der Waals surface area contributed by atoms with Crippen LogP contribution in [-0.2, 0) is 5.75 Å². The Morgan fingerprint density at radius 3 is 2.96 bits per heavy atom. The van der Waals surface area contributed by atoms with Crippen LogP contribution in [0.5, 0.6) is 0 Å². The van der Waals surface area contributed by atoms with Gasteiger partial charge in [-0.1, -0.05) is 40.8 Å². The molecule has 0 amide bonds. The molecule has 0 spiro atoms. The number of guanidine groups is 1. The van der Waals surface area contributed by atoms with Crippen molar-refractivity contribution in [2.75, 3.05) is 5.32 Å². The molecule has 3 rings (SSSR count). The van der Waals surface area contributed by atoms with E-state index in [2.05, 4.69) is 30.5 Å². The summed E-state index contributed by atoms with van der Waals surface area (Å²) in [6.45, 7) is 3.75. The second-order valence-electron chi connectivity index (χ2n) is 5.47. The molecule has 2 aromatic heterocycles. The van der Waals surface area contributed by atoms with E-state index >= 15 is 0 Å². The number of H-pyrrole nitrogens is 1. The van der Waals surface area contributed by atoms with Crippen LogP contribution in [-0.4, -0.2) is 26.1 Å². The lowest BCUT2D eigenvalue weighted by Gasteiger charge is -2.09. The van der Waals surface area contributed by atoms with Crippen molar-refractivity contribution >= 4 is 52.3 Å². The maximum absolute atomic E-state index is 11.9. The normalized spacial score (nSPS) is 11.6. The van der Waals surface area contributed by atoms with Crippen LogP contribution in [0, 0.1) is 13.8 Å². The van der Waals surface area contributed by atoms with Gasteiger partial charge in [0.1, 0.15) is 5.01 Å². The first-order valence-corrected chi connectivity index (χ1v) is 9.98. The van der Waals surface area contributed by atoms with E-state index in [-0.39, 0.29) is 17.5 Å². The van der Waals surface area contributed by atoms with Gasteiger partial charge in [0.2, 0.25) is 11.9 Å². The van der Waals surface area contributed by atoms with Gasteiger partial charge in [-0.25, -0.2) is 4.98 Å². The fourth-order valence-corrected chi connectivity index (χ4v) is 4.00. The van der Waals surface area contributed by atoms with E-state index < -0.39 is 0 Å². The molecule has 0 aliphatic rings. The zero-order valence-electron chi connectivity index (χ0n) is 14.5. The Bertz CT molecular complexity index is 1050. The first-order chi connectivity index (χ1) is 12.9. The molecule has 0 aliphatic heterocycles. The molecule has 1 aromatic carbocycles. The average Bonchev–Trinajstić information content (AvgIpc) is 3.02. The van der Waals surface area contributed by atoms with E-state index in [1.807, 2.05) is 19.9 Å². The minimum atomic E-state index is -0.306. The smallest absolute Gasteiger partial charge is 0.252 e. The van der Waals surface area contributed by atoms with Crippen molar-refractivity contribution in [2.24, 2.45) is 10.7 Å². The lowest BCUT2D eigenvalue weighted by Crippen LogP contribution is -2.23. The van der Waals surface area contributed by atoms with Crippen molar-refractivity contribution in [1.82, 2.24) is 20.2 Å². The number of aliphatic imine (C=N–C) groups is 1. The highest BCUT2D eigenvalue weighted by atomic mass is 35.5. The van der Waals surface area contributed by atoms with Gasteiger partial charge in [0.25, 0.3) is 5.56 Å². The van der Waals surface area contributed by atoms with E-state index in [1.54, 1.807) is 12.1 Å². The monoisotopic (exact) mass is 421 g/mol. The zero-order valence-corrected chi connectivity index (χ0v) is 16.9. The van der Waals surface area contributed by atoms with Gasteiger partial charge in [0.15, 0.2) is 4.34 Å². The SMILES string of the molecule is Cc1nnc(SCc2cc(=O)[nH]c(/N=C(\N)Nc3cccc(Cl)c3C)n2)s1. The molecule has 8 nitrogen and oxygen atoms in total. The number of nitrogens with two attached hydrogens (primary N) is 1.